The Balaban J connectivity index is 1.65. The van der Waals surface area contributed by atoms with Crippen molar-refractivity contribution in [2.24, 2.45) is 5.73 Å². The van der Waals surface area contributed by atoms with Crippen molar-refractivity contribution >= 4 is 11.8 Å². The van der Waals surface area contributed by atoms with Crippen LogP contribution in [0.1, 0.15) is 26.5 Å². The normalized spacial score (nSPS) is 10.3. The molecule has 0 aliphatic rings. The van der Waals surface area contributed by atoms with Crippen molar-refractivity contribution in [3.63, 3.8) is 0 Å². The van der Waals surface area contributed by atoms with Crippen molar-refractivity contribution in [2.45, 2.75) is 6.54 Å². The number of hydrogen-bond donors (Lipinski definition) is 2. The molecule has 3 rings (SSSR count). The molecule has 3 N–H and O–H groups in total. The second kappa shape index (κ2) is 6.74. The van der Waals surface area contributed by atoms with Crippen LogP contribution in [-0.4, -0.2) is 22.0 Å². The van der Waals surface area contributed by atoms with Crippen LogP contribution in [0.3, 0.4) is 0 Å². The molecule has 1 heterocycles. The topological polar surface area (TPSA) is 111 Å². The summed E-state index contributed by atoms with van der Waals surface area (Å²) < 4.78 is 5.16. The van der Waals surface area contributed by atoms with E-state index in [0.29, 0.717) is 28.4 Å². The van der Waals surface area contributed by atoms with E-state index in [4.69, 9.17) is 10.3 Å². The minimum absolute atomic E-state index is 0.149. The zero-order chi connectivity index (χ0) is 16.9. The van der Waals surface area contributed by atoms with Crippen molar-refractivity contribution in [1.82, 2.24) is 15.5 Å². The fraction of sp³-hybridized carbons (Fsp3) is 0.0588. The lowest BCUT2D eigenvalue weighted by Gasteiger charge is -2.01. The predicted octanol–water partition coefficient (Wildman–Crippen LogP) is 1.77. The van der Waals surface area contributed by atoms with E-state index in [2.05, 4.69) is 15.5 Å². The molecule has 0 unspecified atom stereocenters. The Morgan fingerprint density at radius 3 is 2.38 bits per heavy atom. The van der Waals surface area contributed by atoms with Crippen LogP contribution in [0, 0.1) is 0 Å². The first-order valence-electron chi connectivity index (χ1n) is 7.19. The van der Waals surface area contributed by atoms with Crippen molar-refractivity contribution in [3.8, 4) is 11.5 Å². The highest BCUT2D eigenvalue weighted by atomic mass is 16.5. The molecule has 2 aromatic carbocycles. The van der Waals surface area contributed by atoms with Crippen LogP contribution in [0.5, 0.6) is 0 Å². The van der Waals surface area contributed by atoms with E-state index in [-0.39, 0.29) is 12.5 Å². The number of carbonyl (C=O) groups excluding carboxylic acids is 2. The van der Waals surface area contributed by atoms with E-state index in [1.165, 1.54) is 0 Å². The Hall–Kier alpha value is -3.48. The molecule has 0 spiro atoms. The number of nitrogens with one attached hydrogen (secondary N) is 1. The molecule has 3 aromatic rings. The number of nitrogens with two attached hydrogens (primary N) is 1. The van der Waals surface area contributed by atoms with Gasteiger partial charge in [-0.05, 0) is 36.4 Å². The van der Waals surface area contributed by atoms with Gasteiger partial charge in [0.05, 0.1) is 6.54 Å². The lowest BCUT2D eigenvalue weighted by atomic mass is 10.1. The van der Waals surface area contributed by atoms with Gasteiger partial charge in [-0.25, -0.2) is 0 Å². The summed E-state index contributed by atoms with van der Waals surface area (Å²) in [5.41, 5.74) is 6.81. The maximum Gasteiger partial charge on any atom is 0.257 e. The van der Waals surface area contributed by atoms with Crippen LogP contribution in [0.25, 0.3) is 11.5 Å². The average Bonchev–Trinajstić information content (AvgIpc) is 3.09. The van der Waals surface area contributed by atoms with Gasteiger partial charge in [0.1, 0.15) is 0 Å². The smallest absolute Gasteiger partial charge is 0.257 e. The van der Waals surface area contributed by atoms with Gasteiger partial charge < -0.3 is 15.6 Å². The number of aromatic nitrogens is 2. The highest BCUT2D eigenvalue weighted by Crippen LogP contribution is 2.17. The fourth-order valence-electron chi connectivity index (χ4n) is 2.07. The highest BCUT2D eigenvalue weighted by molar-refractivity contribution is 5.94. The first kappa shape index (κ1) is 15.4. The summed E-state index contributed by atoms with van der Waals surface area (Å²) in [5.74, 6) is -0.0626. The number of benzene rings is 2. The van der Waals surface area contributed by atoms with Crippen molar-refractivity contribution in [1.29, 1.82) is 0 Å². The Bertz CT molecular complexity index is 857. The molecule has 2 amide bonds. The number of primary amides is 1. The van der Waals surface area contributed by atoms with Gasteiger partial charge in [-0.15, -0.1) is 0 Å². The van der Waals surface area contributed by atoms with E-state index >= 15 is 0 Å². The standard InChI is InChI=1S/C17H14N4O3/c18-15(22)11-6-8-13(9-7-11)17-20-14(21-24-17)10-19-16(23)12-4-2-1-3-5-12/h1-9H,10H2,(H2,18,22)(H,19,23). The molecule has 120 valence electrons. The van der Waals surface area contributed by atoms with Gasteiger partial charge in [-0.2, -0.15) is 4.98 Å². The third-order valence-corrected chi connectivity index (χ3v) is 3.33. The third-order valence-electron chi connectivity index (χ3n) is 3.33. The van der Waals surface area contributed by atoms with E-state index in [0.717, 1.165) is 0 Å². The van der Waals surface area contributed by atoms with E-state index in [1.807, 2.05) is 6.07 Å². The number of hydrogen-bond acceptors (Lipinski definition) is 5. The Morgan fingerprint density at radius 1 is 1.00 bits per heavy atom. The first-order chi connectivity index (χ1) is 11.6. The molecule has 0 aliphatic heterocycles. The minimum Gasteiger partial charge on any atom is -0.366 e. The molecular formula is C17H14N4O3. The molecule has 24 heavy (non-hydrogen) atoms. The van der Waals surface area contributed by atoms with Gasteiger partial charge in [-0.1, -0.05) is 23.4 Å². The minimum atomic E-state index is -0.503. The third kappa shape index (κ3) is 3.46. The molecule has 7 nitrogen and oxygen atoms in total. The summed E-state index contributed by atoms with van der Waals surface area (Å²) in [6.45, 7) is 0.149. The van der Waals surface area contributed by atoms with Crippen LogP contribution in [0.4, 0.5) is 0 Å². The highest BCUT2D eigenvalue weighted by Gasteiger charge is 2.11. The van der Waals surface area contributed by atoms with Gasteiger partial charge in [0.15, 0.2) is 5.82 Å². The van der Waals surface area contributed by atoms with Crippen LogP contribution in [0.2, 0.25) is 0 Å². The second-order valence-corrected chi connectivity index (χ2v) is 5.01. The number of amides is 2. The van der Waals surface area contributed by atoms with Gasteiger partial charge in [0, 0.05) is 16.7 Å². The average molecular weight is 322 g/mol. The SMILES string of the molecule is NC(=O)c1ccc(-c2nc(CNC(=O)c3ccccc3)no2)cc1. The van der Waals surface area contributed by atoms with Crippen LogP contribution in [-0.2, 0) is 6.54 Å². The molecular weight excluding hydrogens is 308 g/mol. The van der Waals surface area contributed by atoms with E-state index in [1.54, 1.807) is 48.5 Å². The largest absolute Gasteiger partial charge is 0.366 e. The fourth-order valence-corrected chi connectivity index (χ4v) is 2.07. The van der Waals surface area contributed by atoms with E-state index in [9.17, 15) is 9.59 Å². The Kier molecular flexibility index (Phi) is 4.33. The summed E-state index contributed by atoms with van der Waals surface area (Å²) >= 11 is 0. The zero-order valence-corrected chi connectivity index (χ0v) is 12.6. The van der Waals surface area contributed by atoms with Crippen molar-refractivity contribution < 1.29 is 14.1 Å². The maximum absolute atomic E-state index is 12.0. The maximum atomic E-state index is 12.0. The van der Waals surface area contributed by atoms with E-state index < -0.39 is 5.91 Å². The zero-order valence-electron chi connectivity index (χ0n) is 12.6. The quantitative estimate of drug-likeness (QED) is 0.743. The van der Waals surface area contributed by atoms with Crippen molar-refractivity contribution in [2.75, 3.05) is 0 Å². The molecule has 7 heteroatoms. The molecule has 1 aromatic heterocycles. The van der Waals surface area contributed by atoms with Gasteiger partial charge in [0.2, 0.25) is 5.91 Å². The lowest BCUT2D eigenvalue weighted by molar-refractivity contribution is 0.0948. The molecule has 0 atom stereocenters. The second-order valence-electron chi connectivity index (χ2n) is 5.01. The molecule has 0 fully saturated rings. The predicted molar refractivity (Wildman–Crippen MR) is 85.9 cm³/mol. The van der Waals surface area contributed by atoms with Crippen LogP contribution < -0.4 is 11.1 Å². The van der Waals surface area contributed by atoms with Gasteiger partial charge in [-0.3, -0.25) is 9.59 Å². The summed E-state index contributed by atoms with van der Waals surface area (Å²) in [6, 6.07) is 15.4. The molecule has 0 saturated heterocycles. The number of carbonyl (C=O) groups is 2. The van der Waals surface area contributed by atoms with Gasteiger partial charge >= 0.3 is 0 Å². The van der Waals surface area contributed by atoms with Crippen LogP contribution in [0.15, 0.2) is 59.1 Å². The van der Waals surface area contributed by atoms with Crippen molar-refractivity contribution in [3.05, 3.63) is 71.5 Å². The number of rotatable bonds is 5. The van der Waals surface area contributed by atoms with Gasteiger partial charge in [0.25, 0.3) is 11.8 Å². The monoisotopic (exact) mass is 322 g/mol. The molecule has 0 bridgehead atoms. The Morgan fingerprint density at radius 2 is 1.71 bits per heavy atom. The summed E-state index contributed by atoms with van der Waals surface area (Å²) in [6.07, 6.45) is 0. The molecule has 0 saturated carbocycles. The summed E-state index contributed by atoms with van der Waals surface area (Å²) in [7, 11) is 0. The van der Waals surface area contributed by atoms with Crippen LogP contribution >= 0.6 is 0 Å². The first-order valence-corrected chi connectivity index (χ1v) is 7.19. The lowest BCUT2D eigenvalue weighted by Crippen LogP contribution is -2.23. The Labute approximate surface area is 137 Å². The molecule has 0 aliphatic carbocycles. The summed E-state index contributed by atoms with van der Waals surface area (Å²) in [5, 5.41) is 6.54. The summed E-state index contributed by atoms with van der Waals surface area (Å²) in [4.78, 5) is 27.2. The molecule has 0 radical (unpaired) electrons. The number of nitrogens with zero attached hydrogens (tertiary/aromatic N) is 2.